The predicted molar refractivity (Wildman–Crippen MR) is 111 cm³/mol. The number of rotatable bonds is 7. The van der Waals surface area contributed by atoms with Gasteiger partial charge in [0.1, 0.15) is 11.6 Å². The molecule has 138 valence electrons. The standard InChI is InChI=1S/C17H26N6O.HI/c1-12(2)9-10-19-17(18-3)20-11-15-21-16(23-22-15)13-5-7-14(24-4)8-6-13;/h5-8,12H,9-11H2,1-4H3,(H2,18,19,20)(H,21,22,23);1H. The highest BCUT2D eigenvalue weighted by Gasteiger charge is 2.07. The number of aliphatic imine (C=N–C) groups is 1. The molecule has 1 aromatic heterocycles. The van der Waals surface area contributed by atoms with Crippen molar-refractivity contribution in [1.82, 2.24) is 25.8 Å². The van der Waals surface area contributed by atoms with Crippen LogP contribution in [0.3, 0.4) is 0 Å². The van der Waals surface area contributed by atoms with Gasteiger partial charge in [-0.15, -0.1) is 24.0 Å². The summed E-state index contributed by atoms with van der Waals surface area (Å²) in [5.41, 5.74) is 0.942. The number of H-pyrrole nitrogens is 1. The van der Waals surface area contributed by atoms with Crippen molar-refractivity contribution in [2.45, 2.75) is 26.8 Å². The molecular weight excluding hydrogens is 431 g/mol. The quantitative estimate of drug-likeness (QED) is 0.338. The SMILES string of the molecule is CN=C(NCCC(C)C)NCc1nc(-c2ccc(OC)cc2)n[nH]1.I. The van der Waals surface area contributed by atoms with Crippen LogP contribution >= 0.6 is 24.0 Å². The summed E-state index contributed by atoms with van der Waals surface area (Å²) < 4.78 is 5.16. The summed E-state index contributed by atoms with van der Waals surface area (Å²) >= 11 is 0. The van der Waals surface area contributed by atoms with Gasteiger partial charge in [0, 0.05) is 19.2 Å². The molecule has 0 unspecified atom stereocenters. The van der Waals surface area contributed by atoms with Crippen LogP contribution in [-0.2, 0) is 6.54 Å². The summed E-state index contributed by atoms with van der Waals surface area (Å²) in [6.07, 6.45) is 1.10. The molecule has 1 aromatic carbocycles. The molecular formula is C17H27IN6O. The number of guanidine groups is 1. The van der Waals surface area contributed by atoms with Gasteiger partial charge < -0.3 is 15.4 Å². The van der Waals surface area contributed by atoms with Crippen LogP contribution in [-0.4, -0.2) is 41.8 Å². The molecule has 0 aliphatic heterocycles. The molecule has 25 heavy (non-hydrogen) atoms. The zero-order chi connectivity index (χ0) is 17.4. The third-order valence-corrected chi connectivity index (χ3v) is 3.54. The molecule has 0 atom stereocenters. The van der Waals surface area contributed by atoms with Crippen LogP contribution in [0.25, 0.3) is 11.4 Å². The zero-order valence-electron chi connectivity index (χ0n) is 15.2. The number of methoxy groups -OCH3 is 1. The van der Waals surface area contributed by atoms with E-state index in [0.29, 0.717) is 18.3 Å². The molecule has 0 saturated heterocycles. The first-order valence-electron chi connectivity index (χ1n) is 8.12. The maximum absolute atomic E-state index is 5.16. The van der Waals surface area contributed by atoms with Crippen molar-refractivity contribution >= 4 is 29.9 Å². The number of hydrogen-bond donors (Lipinski definition) is 3. The van der Waals surface area contributed by atoms with Gasteiger partial charge >= 0.3 is 0 Å². The van der Waals surface area contributed by atoms with Crippen LogP contribution in [0.5, 0.6) is 5.75 Å². The molecule has 2 aromatic rings. The van der Waals surface area contributed by atoms with Crippen molar-refractivity contribution in [2.24, 2.45) is 10.9 Å². The summed E-state index contributed by atoms with van der Waals surface area (Å²) in [4.78, 5) is 8.70. The van der Waals surface area contributed by atoms with Crippen LogP contribution in [0.15, 0.2) is 29.3 Å². The lowest BCUT2D eigenvalue weighted by Crippen LogP contribution is -2.37. The lowest BCUT2D eigenvalue weighted by Gasteiger charge is -2.11. The van der Waals surface area contributed by atoms with Crippen molar-refractivity contribution in [2.75, 3.05) is 20.7 Å². The number of nitrogens with zero attached hydrogens (tertiary/aromatic N) is 3. The van der Waals surface area contributed by atoms with Gasteiger partial charge in [0.15, 0.2) is 11.8 Å². The zero-order valence-corrected chi connectivity index (χ0v) is 17.5. The Morgan fingerprint density at radius 2 is 1.96 bits per heavy atom. The van der Waals surface area contributed by atoms with E-state index < -0.39 is 0 Å². The number of ether oxygens (including phenoxy) is 1. The normalized spacial score (nSPS) is 11.2. The third-order valence-electron chi connectivity index (χ3n) is 3.54. The van der Waals surface area contributed by atoms with Gasteiger partial charge in [-0.3, -0.25) is 10.1 Å². The molecule has 0 aliphatic rings. The van der Waals surface area contributed by atoms with Gasteiger partial charge in [0.2, 0.25) is 0 Å². The van der Waals surface area contributed by atoms with Gasteiger partial charge in [-0.1, -0.05) is 13.8 Å². The molecule has 0 fully saturated rings. The van der Waals surface area contributed by atoms with E-state index in [4.69, 9.17) is 4.74 Å². The largest absolute Gasteiger partial charge is 0.497 e. The second-order valence-corrected chi connectivity index (χ2v) is 5.87. The average molecular weight is 458 g/mol. The number of halogens is 1. The maximum Gasteiger partial charge on any atom is 0.191 e. The molecule has 0 radical (unpaired) electrons. The Morgan fingerprint density at radius 3 is 2.56 bits per heavy atom. The fourth-order valence-corrected chi connectivity index (χ4v) is 2.11. The van der Waals surface area contributed by atoms with Crippen molar-refractivity contribution in [3.63, 3.8) is 0 Å². The topological polar surface area (TPSA) is 87.2 Å². The van der Waals surface area contributed by atoms with E-state index in [9.17, 15) is 0 Å². The monoisotopic (exact) mass is 458 g/mol. The molecule has 0 amide bonds. The van der Waals surface area contributed by atoms with Crippen LogP contribution in [0, 0.1) is 5.92 Å². The van der Waals surface area contributed by atoms with Crippen LogP contribution in [0.4, 0.5) is 0 Å². The third kappa shape index (κ3) is 6.89. The van der Waals surface area contributed by atoms with Crippen LogP contribution < -0.4 is 15.4 Å². The molecule has 0 saturated carbocycles. The fourth-order valence-electron chi connectivity index (χ4n) is 2.11. The van der Waals surface area contributed by atoms with Crippen molar-refractivity contribution in [3.8, 4) is 17.1 Å². The molecule has 8 heteroatoms. The Balaban J connectivity index is 0.00000312. The molecule has 3 N–H and O–H groups in total. The number of nitrogens with one attached hydrogen (secondary N) is 3. The lowest BCUT2D eigenvalue weighted by atomic mass is 10.1. The Kier molecular flexibility index (Phi) is 9.25. The summed E-state index contributed by atoms with van der Waals surface area (Å²) in [5.74, 6) is 3.66. The highest BCUT2D eigenvalue weighted by molar-refractivity contribution is 14.0. The van der Waals surface area contributed by atoms with Gasteiger partial charge in [0.25, 0.3) is 0 Å². The smallest absolute Gasteiger partial charge is 0.191 e. The van der Waals surface area contributed by atoms with E-state index in [2.05, 4.69) is 44.7 Å². The van der Waals surface area contributed by atoms with Crippen molar-refractivity contribution < 1.29 is 4.74 Å². The Morgan fingerprint density at radius 1 is 1.24 bits per heavy atom. The molecule has 7 nitrogen and oxygen atoms in total. The van der Waals surface area contributed by atoms with Gasteiger partial charge in [-0.25, -0.2) is 4.98 Å². The van der Waals surface area contributed by atoms with E-state index >= 15 is 0 Å². The fraction of sp³-hybridized carbons (Fsp3) is 0.471. The summed E-state index contributed by atoms with van der Waals surface area (Å²) in [7, 11) is 3.40. The Bertz CT molecular complexity index is 653. The Labute approximate surface area is 166 Å². The van der Waals surface area contributed by atoms with E-state index in [1.165, 1.54) is 0 Å². The van der Waals surface area contributed by atoms with Gasteiger partial charge in [-0.05, 0) is 36.6 Å². The number of aromatic amines is 1. The summed E-state index contributed by atoms with van der Waals surface area (Å²) in [5, 5.41) is 13.7. The Hall–Kier alpha value is -1.84. The minimum Gasteiger partial charge on any atom is -0.497 e. The maximum atomic E-state index is 5.16. The minimum absolute atomic E-state index is 0. The van der Waals surface area contributed by atoms with E-state index in [0.717, 1.165) is 36.1 Å². The molecule has 2 rings (SSSR count). The molecule has 0 spiro atoms. The summed E-state index contributed by atoms with van der Waals surface area (Å²) in [6.45, 7) is 5.83. The highest BCUT2D eigenvalue weighted by Crippen LogP contribution is 2.18. The number of benzene rings is 1. The highest BCUT2D eigenvalue weighted by atomic mass is 127. The van der Waals surface area contributed by atoms with Gasteiger partial charge in [-0.2, -0.15) is 5.10 Å². The van der Waals surface area contributed by atoms with E-state index in [1.54, 1.807) is 14.2 Å². The van der Waals surface area contributed by atoms with Crippen molar-refractivity contribution in [3.05, 3.63) is 30.1 Å². The molecule has 0 bridgehead atoms. The first-order valence-corrected chi connectivity index (χ1v) is 8.12. The van der Waals surface area contributed by atoms with Crippen LogP contribution in [0.1, 0.15) is 26.1 Å². The summed E-state index contributed by atoms with van der Waals surface area (Å²) in [6, 6.07) is 7.66. The van der Waals surface area contributed by atoms with Gasteiger partial charge in [0.05, 0.1) is 13.7 Å². The van der Waals surface area contributed by atoms with Crippen LogP contribution in [0.2, 0.25) is 0 Å². The molecule has 1 heterocycles. The van der Waals surface area contributed by atoms with E-state index in [1.807, 2.05) is 24.3 Å². The first-order chi connectivity index (χ1) is 11.6. The average Bonchev–Trinajstić information content (AvgIpc) is 3.06. The predicted octanol–water partition coefficient (Wildman–Crippen LogP) is 2.81. The first kappa shape index (κ1) is 21.2. The van der Waals surface area contributed by atoms with E-state index in [-0.39, 0.29) is 24.0 Å². The number of hydrogen-bond acceptors (Lipinski definition) is 4. The second-order valence-electron chi connectivity index (χ2n) is 5.87. The number of aromatic nitrogens is 3. The lowest BCUT2D eigenvalue weighted by molar-refractivity contribution is 0.415. The van der Waals surface area contributed by atoms with Crippen molar-refractivity contribution in [1.29, 1.82) is 0 Å². The molecule has 0 aliphatic carbocycles. The minimum atomic E-state index is 0. The second kappa shape index (κ2) is 10.9.